The highest BCUT2D eigenvalue weighted by atomic mass is 16.6. The van der Waals surface area contributed by atoms with Crippen molar-refractivity contribution >= 4 is 18.1 Å². The van der Waals surface area contributed by atoms with Crippen molar-refractivity contribution in [2.75, 3.05) is 13.2 Å². The summed E-state index contributed by atoms with van der Waals surface area (Å²) in [6, 6.07) is 5.61. The summed E-state index contributed by atoms with van der Waals surface area (Å²) < 4.78 is 10.4. The molecule has 1 rings (SSSR count). The lowest BCUT2D eigenvalue weighted by Crippen LogP contribution is -2.12. The van der Waals surface area contributed by atoms with Crippen molar-refractivity contribution < 1.29 is 14.3 Å². The molecule has 0 radical (unpaired) electrons. The Bertz CT molecular complexity index is 501. The highest BCUT2D eigenvalue weighted by molar-refractivity contribution is 5.86. The molecule has 21 heavy (non-hydrogen) atoms. The number of ether oxygens (including phenoxy) is 2. The topological polar surface area (TPSA) is 35.5 Å². The van der Waals surface area contributed by atoms with Crippen LogP contribution in [0.5, 0.6) is 5.75 Å². The Morgan fingerprint density at radius 3 is 2.29 bits per heavy atom. The zero-order valence-corrected chi connectivity index (χ0v) is 13.1. The summed E-state index contributed by atoms with van der Waals surface area (Å²) in [5, 5.41) is 0. The van der Waals surface area contributed by atoms with Crippen LogP contribution in [0, 0.1) is 0 Å². The minimum absolute atomic E-state index is 0.193. The van der Waals surface area contributed by atoms with Crippen LogP contribution in [0.25, 0.3) is 12.2 Å². The molecule has 0 aliphatic heterocycles. The van der Waals surface area contributed by atoms with Crippen LogP contribution in [0.2, 0.25) is 0 Å². The van der Waals surface area contributed by atoms with E-state index < -0.39 is 5.97 Å². The molecule has 0 N–H and O–H groups in total. The molecule has 0 amide bonds. The summed E-state index contributed by atoms with van der Waals surface area (Å²) in [6.45, 7) is 17.1. The maximum atomic E-state index is 11.1. The predicted octanol–water partition coefficient (Wildman–Crippen LogP) is 4.50. The Labute approximate surface area is 127 Å². The van der Waals surface area contributed by atoms with Crippen LogP contribution in [0.3, 0.4) is 0 Å². The average Bonchev–Trinajstić information content (AvgIpc) is 2.52. The van der Waals surface area contributed by atoms with Gasteiger partial charge in [-0.2, -0.15) is 0 Å². The van der Waals surface area contributed by atoms with E-state index in [0.29, 0.717) is 17.9 Å². The van der Waals surface area contributed by atoms with E-state index >= 15 is 0 Å². The van der Waals surface area contributed by atoms with Gasteiger partial charge in [0, 0.05) is 5.57 Å². The molecule has 0 atom stereocenters. The second-order valence-electron chi connectivity index (χ2n) is 3.96. The zero-order chi connectivity index (χ0) is 16.3. The van der Waals surface area contributed by atoms with Gasteiger partial charge in [-0.15, -0.1) is 0 Å². The highest BCUT2D eigenvalue weighted by Crippen LogP contribution is 2.19. The summed E-state index contributed by atoms with van der Waals surface area (Å²) in [6.07, 6.45) is 3.50. The lowest BCUT2D eigenvalue weighted by Gasteiger charge is -2.09. The first-order valence-corrected chi connectivity index (χ1v) is 6.93. The second kappa shape index (κ2) is 10.5. The van der Waals surface area contributed by atoms with Gasteiger partial charge in [-0.1, -0.05) is 51.8 Å². The van der Waals surface area contributed by atoms with Crippen LogP contribution in [0.15, 0.2) is 43.5 Å². The van der Waals surface area contributed by atoms with Crippen LogP contribution < -0.4 is 4.74 Å². The van der Waals surface area contributed by atoms with Crippen molar-refractivity contribution in [1.82, 2.24) is 0 Å². The van der Waals surface area contributed by atoms with Crippen molar-refractivity contribution in [2.24, 2.45) is 0 Å². The summed E-state index contributed by atoms with van der Waals surface area (Å²) >= 11 is 0. The van der Waals surface area contributed by atoms with E-state index in [4.69, 9.17) is 9.47 Å². The Hall–Kier alpha value is -2.29. The molecule has 0 aromatic heterocycles. The number of rotatable bonds is 7. The van der Waals surface area contributed by atoms with Crippen LogP contribution in [0.4, 0.5) is 0 Å². The maximum Gasteiger partial charge on any atom is 0.333 e. The quantitative estimate of drug-likeness (QED) is 0.421. The number of carbonyl (C=O) groups is 1. The number of hydrogen-bond acceptors (Lipinski definition) is 3. The van der Waals surface area contributed by atoms with Crippen LogP contribution in [-0.2, 0) is 9.53 Å². The molecule has 0 saturated carbocycles. The number of carbonyl (C=O) groups excluding carboxylic acids is 1. The second-order valence-corrected chi connectivity index (χ2v) is 3.96. The van der Waals surface area contributed by atoms with Gasteiger partial charge in [-0.05, 0) is 30.2 Å². The van der Waals surface area contributed by atoms with Gasteiger partial charge in [0.1, 0.15) is 19.0 Å². The fourth-order valence-electron chi connectivity index (χ4n) is 1.42. The van der Waals surface area contributed by atoms with E-state index in [9.17, 15) is 4.79 Å². The molecule has 1 aromatic rings. The summed E-state index contributed by atoms with van der Waals surface area (Å²) in [7, 11) is 0. The summed E-state index contributed by atoms with van der Waals surface area (Å²) in [5.74, 6) is 0.296. The Morgan fingerprint density at radius 2 is 1.76 bits per heavy atom. The largest absolute Gasteiger partial charge is 0.490 e. The van der Waals surface area contributed by atoms with Gasteiger partial charge in [0.2, 0.25) is 0 Å². The minimum atomic E-state index is -0.405. The van der Waals surface area contributed by atoms with Gasteiger partial charge in [-0.25, -0.2) is 4.79 Å². The molecule has 114 valence electrons. The first-order valence-electron chi connectivity index (χ1n) is 6.93. The standard InChI is InChI=1S/C16H18O3.C2H6/c1-5-13-7-8-15(11-14(13)6-2)18-9-10-19-16(17)12(3)4;1-2/h5-8,11H,1-3,9-10H2,4H3;1-2H3. The summed E-state index contributed by atoms with van der Waals surface area (Å²) in [5.41, 5.74) is 2.33. The first kappa shape index (κ1) is 18.7. The third-order valence-corrected chi connectivity index (χ3v) is 2.43. The van der Waals surface area contributed by atoms with Gasteiger partial charge >= 0.3 is 5.97 Å². The predicted molar refractivity (Wildman–Crippen MR) is 89.2 cm³/mol. The normalized spacial score (nSPS) is 8.90. The fourth-order valence-corrected chi connectivity index (χ4v) is 1.42. The molecule has 0 aliphatic carbocycles. The molecule has 0 aliphatic rings. The van der Waals surface area contributed by atoms with E-state index in [2.05, 4.69) is 19.7 Å². The van der Waals surface area contributed by atoms with Crippen molar-refractivity contribution in [3.8, 4) is 5.75 Å². The van der Waals surface area contributed by atoms with Crippen LogP contribution in [-0.4, -0.2) is 19.2 Å². The van der Waals surface area contributed by atoms with Crippen LogP contribution >= 0.6 is 0 Å². The Balaban J connectivity index is 0.00000191. The van der Waals surface area contributed by atoms with Gasteiger partial charge in [0.25, 0.3) is 0 Å². The molecule has 0 heterocycles. The first-order chi connectivity index (χ1) is 10.1. The molecule has 3 nitrogen and oxygen atoms in total. The monoisotopic (exact) mass is 288 g/mol. The van der Waals surface area contributed by atoms with Crippen molar-refractivity contribution in [3.05, 3.63) is 54.6 Å². The SMILES string of the molecule is C=Cc1ccc(OCCOC(=O)C(=C)C)cc1C=C.CC. The molecule has 1 aromatic carbocycles. The van der Waals surface area contributed by atoms with Crippen molar-refractivity contribution in [3.63, 3.8) is 0 Å². The lowest BCUT2D eigenvalue weighted by atomic mass is 10.1. The van der Waals surface area contributed by atoms with Gasteiger partial charge in [-0.3, -0.25) is 0 Å². The highest BCUT2D eigenvalue weighted by Gasteiger charge is 2.03. The number of benzene rings is 1. The molecule has 3 heteroatoms. The van der Waals surface area contributed by atoms with Gasteiger partial charge in [0.05, 0.1) is 0 Å². The van der Waals surface area contributed by atoms with E-state index in [0.717, 1.165) is 11.1 Å². The van der Waals surface area contributed by atoms with Gasteiger partial charge in [0.15, 0.2) is 0 Å². The Morgan fingerprint density at radius 1 is 1.14 bits per heavy atom. The van der Waals surface area contributed by atoms with E-state index in [-0.39, 0.29) is 6.61 Å². The molecule has 0 bridgehead atoms. The molecule has 0 saturated heterocycles. The minimum Gasteiger partial charge on any atom is -0.490 e. The lowest BCUT2D eigenvalue weighted by molar-refractivity contribution is -0.139. The average molecular weight is 288 g/mol. The number of hydrogen-bond donors (Lipinski definition) is 0. The van der Waals surface area contributed by atoms with Crippen molar-refractivity contribution in [2.45, 2.75) is 20.8 Å². The van der Waals surface area contributed by atoms with E-state index in [1.54, 1.807) is 19.1 Å². The summed E-state index contributed by atoms with van der Waals surface area (Å²) in [4.78, 5) is 11.1. The Kier molecular flexibility index (Phi) is 9.35. The van der Waals surface area contributed by atoms with E-state index in [1.807, 2.05) is 32.0 Å². The molecule has 0 fully saturated rings. The molecule has 0 spiro atoms. The van der Waals surface area contributed by atoms with E-state index in [1.165, 1.54) is 0 Å². The molecular weight excluding hydrogens is 264 g/mol. The smallest absolute Gasteiger partial charge is 0.333 e. The van der Waals surface area contributed by atoms with Crippen molar-refractivity contribution in [1.29, 1.82) is 0 Å². The molecular formula is C18H24O3. The fraction of sp³-hybridized carbons (Fsp3) is 0.278. The third-order valence-electron chi connectivity index (χ3n) is 2.43. The number of esters is 1. The third kappa shape index (κ3) is 6.61. The van der Waals surface area contributed by atoms with Crippen LogP contribution in [0.1, 0.15) is 31.9 Å². The maximum absolute atomic E-state index is 11.1. The molecule has 0 unspecified atom stereocenters. The zero-order valence-electron chi connectivity index (χ0n) is 13.1. The van der Waals surface area contributed by atoms with Gasteiger partial charge < -0.3 is 9.47 Å².